The number of rotatable bonds is 3. The lowest BCUT2D eigenvalue weighted by molar-refractivity contribution is 0.174. The number of hydrogen-bond acceptors (Lipinski definition) is 6. The van der Waals surface area contributed by atoms with E-state index in [1.807, 2.05) is 6.92 Å². The molecule has 0 aliphatic carbocycles. The van der Waals surface area contributed by atoms with Gasteiger partial charge in [-0.25, -0.2) is 13.4 Å². The Morgan fingerprint density at radius 3 is 2.54 bits per heavy atom. The first-order valence-corrected chi connectivity index (χ1v) is 8.69. The molecule has 0 bridgehead atoms. The molecular formula is C17H13NO5S. The third kappa shape index (κ3) is 2.33. The van der Waals surface area contributed by atoms with Gasteiger partial charge >= 0.3 is 0 Å². The van der Waals surface area contributed by atoms with Crippen molar-refractivity contribution >= 4 is 9.84 Å². The molecule has 0 amide bonds. The Hall–Kier alpha value is -2.80. The third-order valence-electron chi connectivity index (χ3n) is 3.76. The van der Waals surface area contributed by atoms with Crippen LogP contribution in [-0.4, -0.2) is 20.2 Å². The predicted molar refractivity (Wildman–Crippen MR) is 84.7 cm³/mol. The third-order valence-corrected chi connectivity index (χ3v) is 5.45. The normalized spacial score (nSPS) is 13.2. The van der Waals surface area contributed by atoms with Crippen LogP contribution in [-0.2, 0) is 9.84 Å². The molecule has 0 spiro atoms. The number of ether oxygens (including phenoxy) is 2. The van der Waals surface area contributed by atoms with Gasteiger partial charge in [0.2, 0.25) is 21.7 Å². The van der Waals surface area contributed by atoms with Gasteiger partial charge in [-0.1, -0.05) is 17.7 Å². The zero-order valence-electron chi connectivity index (χ0n) is 12.7. The average Bonchev–Trinajstić information content (AvgIpc) is 3.24. The molecule has 6 nitrogen and oxygen atoms in total. The fraction of sp³-hybridized carbons (Fsp3) is 0.118. The van der Waals surface area contributed by atoms with Crippen molar-refractivity contribution < 1.29 is 22.3 Å². The number of sulfone groups is 1. The maximum atomic E-state index is 12.9. The Bertz CT molecular complexity index is 1010. The standard InChI is InChI=1S/C17H13NO5S/c1-11-2-5-13(6-3-11)24(19,20)17-16(21-9-18-17)12-4-7-14-15(8-12)23-10-22-14/h2-9H,10H2,1H3. The van der Waals surface area contributed by atoms with Crippen LogP contribution in [0.3, 0.4) is 0 Å². The maximum absolute atomic E-state index is 12.9. The van der Waals surface area contributed by atoms with Gasteiger partial charge in [-0.15, -0.1) is 0 Å². The van der Waals surface area contributed by atoms with E-state index in [4.69, 9.17) is 13.9 Å². The average molecular weight is 343 g/mol. The van der Waals surface area contributed by atoms with Crippen LogP contribution in [0.25, 0.3) is 11.3 Å². The van der Waals surface area contributed by atoms with E-state index in [1.165, 1.54) is 0 Å². The lowest BCUT2D eigenvalue weighted by Crippen LogP contribution is -2.04. The maximum Gasteiger partial charge on any atom is 0.231 e. The van der Waals surface area contributed by atoms with Crippen LogP contribution in [0, 0.1) is 6.92 Å². The van der Waals surface area contributed by atoms with E-state index in [0.717, 1.165) is 12.0 Å². The van der Waals surface area contributed by atoms with E-state index >= 15 is 0 Å². The molecule has 0 saturated heterocycles. The summed E-state index contributed by atoms with van der Waals surface area (Å²) in [4.78, 5) is 4.10. The second-order valence-corrected chi connectivity index (χ2v) is 7.24. The number of oxazole rings is 1. The minimum atomic E-state index is -3.78. The number of aryl methyl sites for hydroxylation is 1. The molecule has 0 saturated carbocycles. The van der Waals surface area contributed by atoms with Crippen molar-refractivity contribution in [1.82, 2.24) is 4.98 Å². The summed E-state index contributed by atoms with van der Waals surface area (Å²) in [5, 5.41) is -0.120. The van der Waals surface area contributed by atoms with Gasteiger partial charge in [0, 0.05) is 5.56 Å². The SMILES string of the molecule is Cc1ccc(S(=O)(=O)c2ncoc2-c2ccc3c(c2)OCO3)cc1. The molecule has 7 heteroatoms. The van der Waals surface area contributed by atoms with Crippen molar-refractivity contribution in [2.75, 3.05) is 6.79 Å². The Morgan fingerprint density at radius 1 is 1.00 bits per heavy atom. The first-order valence-electron chi connectivity index (χ1n) is 7.21. The van der Waals surface area contributed by atoms with Gasteiger partial charge in [-0.05, 0) is 37.3 Å². The van der Waals surface area contributed by atoms with Crippen LogP contribution < -0.4 is 9.47 Å². The van der Waals surface area contributed by atoms with Gasteiger partial charge in [0.1, 0.15) is 0 Å². The minimum absolute atomic E-state index is 0.120. The highest BCUT2D eigenvalue weighted by atomic mass is 32.2. The molecule has 3 aromatic rings. The van der Waals surface area contributed by atoms with Crippen LogP contribution in [0.1, 0.15) is 5.56 Å². The highest BCUT2D eigenvalue weighted by Crippen LogP contribution is 2.38. The molecule has 1 aliphatic rings. The summed E-state index contributed by atoms with van der Waals surface area (Å²) >= 11 is 0. The van der Waals surface area contributed by atoms with Gasteiger partial charge in [0.15, 0.2) is 23.7 Å². The predicted octanol–water partition coefficient (Wildman–Crippen LogP) is 3.21. The molecule has 4 rings (SSSR count). The van der Waals surface area contributed by atoms with Crippen molar-refractivity contribution in [2.24, 2.45) is 0 Å². The van der Waals surface area contributed by atoms with Crippen LogP contribution in [0.5, 0.6) is 11.5 Å². The van der Waals surface area contributed by atoms with Crippen LogP contribution >= 0.6 is 0 Å². The molecule has 1 aliphatic heterocycles. The minimum Gasteiger partial charge on any atom is -0.454 e. The summed E-state index contributed by atoms with van der Waals surface area (Å²) in [5.74, 6) is 1.33. The van der Waals surface area contributed by atoms with Crippen LogP contribution in [0.15, 0.2) is 63.2 Å². The van der Waals surface area contributed by atoms with Crippen molar-refractivity contribution in [3.63, 3.8) is 0 Å². The Morgan fingerprint density at radius 2 is 1.75 bits per heavy atom. The molecule has 1 aromatic heterocycles. The second-order valence-electron chi connectivity index (χ2n) is 5.37. The lowest BCUT2D eigenvalue weighted by atomic mass is 10.1. The van der Waals surface area contributed by atoms with E-state index in [0.29, 0.717) is 17.1 Å². The lowest BCUT2D eigenvalue weighted by Gasteiger charge is -2.05. The first kappa shape index (κ1) is 14.8. The molecule has 0 radical (unpaired) electrons. The van der Waals surface area contributed by atoms with Gasteiger partial charge in [-0.3, -0.25) is 0 Å². The van der Waals surface area contributed by atoms with Gasteiger partial charge in [0.05, 0.1) is 4.90 Å². The van der Waals surface area contributed by atoms with E-state index in [-0.39, 0.29) is 22.5 Å². The van der Waals surface area contributed by atoms with Crippen molar-refractivity contribution in [3.8, 4) is 22.8 Å². The highest BCUT2D eigenvalue weighted by molar-refractivity contribution is 7.91. The number of aromatic nitrogens is 1. The molecule has 0 N–H and O–H groups in total. The number of fused-ring (bicyclic) bond motifs is 1. The van der Waals surface area contributed by atoms with E-state index in [1.54, 1.807) is 42.5 Å². The zero-order valence-corrected chi connectivity index (χ0v) is 13.5. The fourth-order valence-electron chi connectivity index (χ4n) is 2.49. The van der Waals surface area contributed by atoms with E-state index < -0.39 is 9.84 Å². The van der Waals surface area contributed by atoms with Crippen molar-refractivity contribution in [1.29, 1.82) is 0 Å². The molecule has 0 fully saturated rings. The van der Waals surface area contributed by atoms with Crippen molar-refractivity contribution in [3.05, 3.63) is 54.4 Å². The number of hydrogen-bond donors (Lipinski definition) is 0. The summed E-state index contributed by atoms with van der Waals surface area (Å²) in [6.45, 7) is 2.04. The smallest absolute Gasteiger partial charge is 0.231 e. The Balaban J connectivity index is 1.81. The summed E-state index contributed by atoms with van der Waals surface area (Å²) < 4.78 is 41.7. The second kappa shape index (κ2) is 5.38. The molecule has 0 atom stereocenters. The van der Waals surface area contributed by atoms with E-state index in [2.05, 4.69) is 4.98 Å². The molecule has 2 heterocycles. The summed E-state index contributed by atoms with van der Waals surface area (Å²) in [6, 6.07) is 11.7. The number of nitrogens with zero attached hydrogens (tertiary/aromatic N) is 1. The Labute approximate surface area is 138 Å². The molecular weight excluding hydrogens is 330 g/mol. The zero-order chi connectivity index (χ0) is 16.7. The summed E-state index contributed by atoms with van der Waals surface area (Å²) in [5.41, 5.74) is 1.53. The monoisotopic (exact) mass is 343 g/mol. The highest BCUT2D eigenvalue weighted by Gasteiger charge is 2.27. The Kier molecular flexibility index (Phi) is 3.31. The molecule has 122 valence electrons. The van der Waals surface area contributed by atoms with Crippen molar-refractivity contribution in [2.45, 2.75) is 16.8 Å². The van der Waals surface area contributed by atoms with Crippen LogP contribution in [0.2, 0.25) is 0 Å². The van der Waals surface area contributed by atoms with Crippen LogP contribution in [0.4, 0.5) is 0 Å². The van der Waals surface area contributed by atoms with E-state index in [9.17, 15) is 8.42 Å². The quantitative estimate of drug-likeness (QED) is 0.726. The van der Waals surface area contributed by atoms with Gasteiger partial charge in [-0.2, -0.15) is 0 Å². The van der Waals surface area contributed by atoms with Gasteiger partial charge in [0.25, 0.3) is 0 Å². The summed E-state index contributed by atoms with van der Waals surface area (Å²) in [6.07, 6.45) is 1.13. The summed E-state index contributed by atoms with van der Waals surface area (Å²) in [7, 11) is -3.78. The topological polar surface area (TPSA) is 78.6 Å². The molecule has 0 unspecified atom stereocenters. The fourth-order valence-corrected chi connectivity index (χ4v) is 3.80. The first-order chi connectivity index (χ1) is 11.6. The number of benzene rings is 2. The van der Waals surface area contributed by atoms with Gasteiger partial charge < -0.3 is 13.9 Å². The molecule has 2 aromatic carbocycles. The molecule has 24 heavy (non-hydrogen) atoms. The largest absolute Gasteiger partial charge is 0.454 e.